The van der Waals surface area contributed by atoms with Crippen molar-refractivity contribution in [2.75, 3.05) is 0 Å². The number of alkyl carbamates (subject to hydrolysis) is 1. The van der Waals surface area contributed by atoms with Gasteiger partial charge in [-0.1, -0.05) is 0 Å². The molecule has 0 fully saturated rings. The summed E-state index contributed by atoms with van der Waals surface area (Å²) in [6.45, 7) is 12.4. The van der Waals surface area contributed by atoms with Gasteiger partial charge in [-0.3, -0.25) is 9.59 Å². The Morgan fingerprint density at radius 1 is 0.840 bits per heavy atom. The van der Waals surface area contributed by atoms with Crippen molar-refractivity contribution in [1.29, 1.82) is 0 Å². The smallest absolute Gasteiger partial charge is 0.408 e. The maximum absolute atomic E-state index is 12.1. The van der Waals surface area contributed by atoms with Gasteiger partial charge in [-0.2, -0.15) is 0 Å². The largest absolute Gasteiger partial charge is 0.456 e. The summed E-state index contributed by atoms with van der Waals surface area (Å²) in [6.07, 6.45) is -2.41. The second-order valence-electron chi connectivity index (χ2n) is 7.40. The normalized spacial score (nSPS) is 13.9. The second-order valence-corrected chi connectivity index (χ2v) is 7.40. The molecule has 0 rings (SSSR count). The third-order valence-electron chi connectivity index (χ3n) is 2.30. The van der Waals surface area contributed by atoms with E-state index in [0.717, 1.165) is 6.92 Å². The van der Waals surface area contributed by atoms with Crippen molar-refractivity contribution in [3.8, 4) is 0 Å². The molecule has 9 heteroatoms. The van der Waals surface area contributed by atoms with Crippen LogP contribution in [0.2, 0.25) is 0 Å². The molecule has 25 heavy (non-hydrogen) atoms. The van der Waals surface area contributed by atoms with Gasteiger partial charge < -0.3 is 24.8 Å². The number of hydrogen-bond acceptors (Lipinski definition) is 7. The number of amides is 2. The van der Waals surface area contributed by atoms with Crippen LogP contribution in [0.3, 0.4) is 0 Å². The van der Waals surface area contributed by atoms with Crippen LogP contribution in [-0.4, -0.2) is 47.4 Å². The predicted octanol–water partition coefficient (Wildman–Crippen LogP) is 1.25. The molecule has 0 aromatic carbocycles. The van der Waals surface area contributed by atoms with Gasteiger partial charge in [-0.25, -0.2) is 9.59 Å². The summed E-state index contributed by atoms with van der Waals surface area (Å²) in [6, 6.07) is -1.03. The number of rotatable bonds is 5. The van der Waals surface area contributed by atoms with Crippen LogP contribution < -0.4 is 10.6 Å². The monoisotopic (exact) mass is 360 g/mol. The number of carbonyl (C=O) groups excluding carboxylic acids is 4. The highest BCUT2D eigenvalue weighted by Gasteiger charge is 2.31. The molecule has 2 atom stereocenters. The lowest BCUT2D eigenvalue weighted by atomic mass is 10.2. The van der Waals surface area contributed by atoms with Crippen molar-refractivity contribution in [2.24, 2.45) is 0 Å². The summed E-state index contributed by atoms with van der Waals surface area (Å²) in [5, 5.41) is 4.53. The van der Waals surface area contributed by atoms with Crippen molar-refractivity contribution in [1.82, 2.24) is 10.6 Å². The summed E-state index contributed by atoms with van der Waals surface area (Å²) in [7, 11) is 0. The van der Waals surface area contributed by atoms with Gasteiger partial charge in [0.15, 0.2) is 0 Å². The molecule has 0 bridgehead atoms. The molecule has 0 aromatic rings. The van der Waals surface area contributed by atoms with Gasteiger partial charge in [-0.05, 0) is 48.5 Å². The standard InChI is InChI=1S/C16H28N2O7/c1-9(17-14(22)25-16(6,7)8)11(20)18-12(23-10(2)19)13(21)24-15(3,4)5/h9,12H,1-8H3,(H,17,22)(H,18,20)/t9-,12-/m1/s1. The van der Waals surface area contributed by atoms with Crippen molar-refractivity contribution in [3.63, 3.8) is 0 Å². The van der Waals surface area contributed by atoms with Crippen LogP contribution in [0.5, 0.6) is 0 Å². The average molecular weight is 360 g/mol. The van der Waals surface area contributed by atoms with E-state index in [1.165, 1.54) is 6.92 Å². The number of ether oxygens (including phenoxy) is 3. The summed E-state index contributed by atoms with van der Waals surface area (Å²) >= 11 is 0. The predicted molar refractivity (Wildman–Crippen MR) is 88.4 cm³/mol. The van der Waals surface area contributed by atoms with Crippen molar-refractivity contribution in [2.45, 2.75) is 78.9 Å². The van der Waals surface area contributed by atoms with E-state index in [2.05, 4.69) is 10.6 Å². The quantitative estimate of drug-likeness (QED) is 0.430. The summed E-state index contributed by atoms with van der Waals surface area (Å²) in [5.41, 5.74) is -1.56. The van der Waals surface area contributed by atoms with Crippen LogP contribution in [0.25, 0.3) is 0 Å². The summed E-state index contributed by atoms with van der Waals surface area (Å²) in [4.78, 5) is 47.0. The summed E-state index contributed by atoms with van der Waals surface area (Å²) in [5.74, 6) is -2.45. The fraction of sp³-hybridized carbons (Fsp3) is 0.750. The Labute approximate surface area is 147 Å². The molecule has 0 aromatic heterocycles. The Balaban J connectivity index is 4.87. The molecule has 2 amide bonds. The van der Waals surface area contributed by atoms with E-state index in [1.807, 2.05) is 0 Å². The lowest BCUT2D eigenvalue weighted by molar-refractivity contribution is -0.178. The molecule has 0 spiro atoms. The van der Waals surface area contributed by atoms with Gasteiger partial charge in [0.25, 0.3) is 6.23 Å². The van der Waals surface area contributed by atoms with Crippen molar-refractivity contribution in [3.05, 3.63) is 0 Å². The van der Waals surface area contributed by atoms with Crippen LogP contribution in [0.4, 0.5) is 4.79 Å². The lowest BCUT2D eigenvalue weighted by Gasteiger charge is -2.25. The highest BCUT2D eigenvalue weighted by Crippen LogP contribution is 2.10. The molecule has 0 unspecified atom stereocenters. The van der Waals surface area contributed by atoms with Crippen molar-refractivity contribution < 1.29 is 33.4 Å². The number of nitrogens with one attached hydrogen (secondary N) is 2. The van der Waals surface area contributed by atoms with Crippen LogP contribution >= 0.6 is 0 Å². The highest BCUT2D eigenvalue weighted by atomic mass is 16.6. The van der Waals surface area contributed by atoms with Crippen LogP contribution in [0.15, 0.2) is 0 Å². The highest BCUT2D eigenvalue weighted by molar-refractivity contribution is 5.89. The molecule has 0 saturated heterocycles. The molecule has 0 aliphatic heterocycles. The van der Waals surface area contributed by atoms with Crippen LogP contribution in [-0.2, 0) is 28.6 Å². The molecule has 0 saturated carbocycles. The van der Waals surface area contributed by atoms with Gasteiger partial charge in [0.2, 0.25) is 5.91 Å². The topological polar surface area (TPSA) is 120 Å². The third kappa shape index (κ3) is 11.0. The molecular formula is C16H28N2O7. The maximum atomic E-state index is 12.1. The zero-order valence-electron chi connectivity index (χ0n) is 16.0. The third-order valence-corrected chi connectivity index (χ3v) is 2.30. The zero-order valence-corrected chi connectivity index (χ0v) is 16.0. The minimum absolute atomic E-state index is 0.725. The Morgan fingerprint density at radius 3 is 1.72 bits per heavy atom. The van der Waals surface area contributed by atoms with E-state index in [9.17, 15) is 19.2 Å². The van der Waals surface area contributed by atoms with E-state index in [0.29, 0.717) is 0 Å². The van der Waals surface area contributed by atoms with Gasteiger partial charge in [0, 0.05) is 6.92 Å². The van der Waals surface area contributed by atoms with E-state index in [-0.39, 0.29) is 0 Å². The van der Waals surface area contributed by atoms with E-state index < -0.39 is 47.4 Å². The first-order chi connectivity index (χ1) is 11.1. The minimum atomic E-state index is -1.62. The molecule has 2 N–H and O–H groups in total. The number of hydrogen-bond donors (Lipinski definition) is 2. The fourth-order valence-corrected chi connectivity index (χ4v) is 1.46. The van der Waals surface area contributed by atoms with Gasteiger partial charge in [-0.15, -0.1) is 0 Å². The Morgan fingerprint density at radius 2 is 1.32 bits per heavy atom. The molecule has 0 aliphatic rings. The molecule has 0 heterocycles. The first-order valence-corrected chi connectivity index (χ1v) is 7.80. The summed E-state index contributed by atoms with van der Waals surface area (Å²) < 4.78 is 14.9. The SMILES string of the molecule is CC(=O)O[C@@H](NC(=O)[C@@H](C)NC(=O)OC(C)(C)C)C(=O)OC(C)(C)C. The average Bonchev–Trinajstić information content (AvgIpc) is 2.32. The van der Waals surface area contributed by atoms with Gasteiger partial charge in [0.05, 0.1) is 0 Å². The van der Waals surface area contributed by atoms with E-state index >= 15 is 0 Å². The first kappa shape index (κ1) is 22.7. The van der Waals surface area contributed by atoms with E-state index in [4.69, 9.17) is 14.2 Å². The Kier molecular flexibility index (Phi) is 7.88. The molecule has 9 nitrogen and oxygen atoms in total. The van der Waals surface area contributed by atoms with Gasteiger partial charge >= 0.3 is 18.0 Å². The molecule has 144 valence electrons. The molecule has 0 aliphatic carbocycles. The Bertz CT molecular complexity index is 518. The molecular weight excluding hydrogens is 332 g/mol. The van der Waals surface area contributed by atoms with E-state index in [1.54, 1.807) is 41.5 Å². The zero-order chi connectivity index (χ0) is 20.0. The van der Waals surface area contributed by atoms with Gasteiger partial charge in [0.1, 0.15) is 17.2 Å². The van der Waals surface area contributed by atoms with Crippen molar-refractivity contribution >= 4 is 23.9 Å². The number of esters is 2. The number of carbonyl (C=O) groups is 4. The second kappa shape index (κ2) is 8.68. The Hall–Kier alpha value is -2.32. The van der Waals surface area contributed by atoms with Crippen LogP contribution in [0.1, 0.15) is 55.4 Å². The fourth-order valence-electron chi connectivity index (χ4n) is 1.46. The van der Waals surface area contributed by atoms with Crippen LogP contribution in [0, 0.1) is 0 Å². The first-order valence-electron chi connectivity index (χ1n) is 7.80. The lowest BCUT2D eigenvalue weighted by Crippen LogP contribution is -2.53. The minimum Gasteiger partial charge on any atom is -0.456 e. The maximum Gasteiger partial charge on any atom is 0.408 e. The molecule has 0 radical (unpaired) electrons.